The number of thioether (sulfide) groups is 1. The van der Waals surface area contributed by atoms with Crippen molar-refractivity contribution in [1.29, 1.82) is 0 Å². The summed E-state index contributed by atoms with van der Waals surface area (Å²) < 4.78 is 2.05. The van der Waals surface area contributed by atoms with Gasteiger partial charge in [0.05, 0.1) is 23.6 Å². The number of carbonyl (C=O) groups excluding carboxylic acids is 2. The first-order chi connectivity index (χ1) is 12.9. The van der Waals surface area contributed by atoms with E-state index in [1.807, 2.05) is 48.7 Å². The van der Waals surface area contributed by atoms with Crippen molar-refractivity contribution in [3.05, 3.63) is 30.5 Å². The fourth-order valence-electron chi connectivity index (χ4n) is 3.91. The maximum Gasteiger partial charge on any atom is 0.246 e. The monoisotopic (exact) mass is 386 g/mol. The lowest BCUT2D eigenvalue weighted by atomic mass is 9.94. The zero-order valence-corrected chi connectivity index (χ0v) is 16.9. The first-order valence-electron chi connectivity index (χ1n) is 9.46. The lowest BCUT2D eigenvalue weighted by molar-refractivity contribution is -0.147. The second-order valence-corrected chi connectivity index (χ2v) is 9.42. The standard InChI is InChI=1S/C20H26N4O2S/c1-20(2,3)19(26)23-13-27-12-17(23)18(25)22-9-8-15(11-22)24-16-7-5-4-6-14(16)10-21-24/h4-7,10,15,17H,8-9,11-13H2,1-3H3. The van der Waals surface area contributed by atoms with Gasteiger partial charge >= 0.3 is 0 Å². The molecule has 2 aliphatic heterocycles. The van der Waals surface area contributed by atoms with Gasteiger partial charge < -0.3 is 9.80 Å². The maximum atomic E-state index is 13.2. The van der Waals surface area contributed by atoms with Crippen molar-refractivity contribution >= 4 is 34.5 Å². The molecular weight excluding hydrogens is 360 g/mol. The summed E-state index contributed by atoms with van der Waals surface area (Å²) in [7, 11) is 0. The van der Waals surface area contributed by atoms with E-state index < -0.39 is 5.41 Å². The first kappa shape index (κ1) is 18.3. The van der Waals surface area contributed by atoms with E-state index in [0.717, 1.165) is 23.9 Å². The Hall–Kier alpha value is -2.02. The Bertz CT molecular complexity index is 872. The molecule has 2 atom stereocenters. The van der Waals surface area contributed by atoms with Gasteiger partial charge in [-0.15, -0.1) is 11.8 Å². The van der Waals surface area contributed by atoms with E-state index >= 15 is 0 Å². The summed E-state index contributed by atoms with van der Waals surface area (Å²) in [6.07, 6.45) is 2.78. The molecule has 0 N–H and O–H groups in total. The van der Waals surface area contributed by atoms with E-state index in [9.17, 15) is 9.59 Å². The second kappa shape index (κ2) is 6.86. The molecule has 2 amide bonds. The molecule has 0 spiro atoms. The summed E-state index contributed by atoms with van der Waals surface area (Å²) in [5.74, 6) is 1.43. The molecule has 2 saturated heterocycles. The molecule has 7 heteroatoms. The van der Waals surface area contributed by atoms with Crippen molar-refractivity contribution in [2.45, 2.75) is 39.3 Å². The molecule has 2 fully saturated rings. The Morgan fingerprint density at radius 2 is 2.00 bits per heavy atom. The van der Waals surface area contributed by atoms with Gasteiger partial charge in [0.15, 0.2) is 0 Å². The lowest BCUT2D eigenvalue weighted by Crippen LogP contribution is -2.51. The van der Waals surface area contributed by atoms with Crippen molar-refractivity contribution in [2.24, 2.45) is 5.41 Å². The molecule has 2 unspecified atom stereocenters. The van der Waals surface area contributed by atoms with Crippen LogP contribution in [0.1, 0.15) is 33.2 Å². The van der Waals surface area contributed by atoms with Gasteiger partial charge in [-0.25, -0.2) is 0 Å². The van der Waals surface area contributed by atoms with E-state index in [1.165, 1.54) is 0 Å². The number of hydrogen-bond acceptors (Lipinski definition) is 4. The van der Waals surface area contributed by atoms with Crippen molar-refractivity contribution in [3.8, 4) is 0 Å². The number of fused-ring (bicyclic) bond motifs is 1. The molecule has 6 nitrogen and oxygen atoms in total. The minimum Gasteiger partial charge on any atom is -0.339 e. The highest BCUT2D eigenvalue weighted by atomic mass is 32.2. The van der Waals surface area contributed by atoms with Gasteiger partial charge in [-0.3, -0.25) is 14.3 Å². The molecule has 3 heterocycles. The quantitative estimate of drug-likeness (QED) is 0.796. The van der Waals surface area contributed by atoms with Crippen molar-refractivity contribution in [2.75, 3.05) is 24.7 Å². The zero-order chi connectivity index (χ0) is 19.2. The molecule has 1 aromatic heterocycles. The number of aromatic nitrogens is 2. The van der Waals surface area contributed by atoms with E-state index in [-0.39, 0.29) is 23.9 Å². The maximum absolute atomic E-state index is 13.2. The summed E-state index contributed by atoms with van der Waals surface area (Å²) in [5.41, 5.74) is 0.642. The number of amides is 2. The van der Waals surface area contributed by atoms with E-state index in [1.54, 1.807) is 16.7 Å². The summed E-state index contributed by atoms with van der Waals surface area (Å²) in [6.45, 7) is 7.11. The van der Waals surface area contributed by atoms with Gasteiger partial charge in [0.25, 0.3) is 0 Å². The van der Waals surface area contributed by atoms with Crippen molar-refractivity contribution in [3.63, 3.8) is 0 Å². The zero-order valence-electron chi connectivity index (χ0n) is 16.1. The van der Waals surface area contributed by atoms with Gasteiger partial charge in [0.1, 0.15) is 6.04 Å². The average molecular weight is 387 g/mol. The summed E-state index contributed by atoms with van der Waals surface area (Å²) in [5, 5.41) is 5.68. The number of carbonyl (C=O) groups is 2. The van der Waals surface area contributed by atoms with Crippen LogP contribution in [0, 0.1) is 5.41 Å². The Kier molecular flexibility index (Phi) is 4.66. The molecule has 4 rings (SSSR count). The number of nitrogens with zero attached hydrogens (tertiary/aromatic N) is 4. The first-order valence-corrected chi connectivity index (χ1v) is 10.6. The van der Waals surface area contributed by atoms with Crippen molar-refractivity contribution in [1.82, 2.24) is 19.6 Å². The summed E-state index contributed by atoms with van der Waals surface area (Å²) >= 11 is 1.66. The lowest BCUT2D eigenvalue weighted by Gasteiger charge is -2.31. The molecule has 0 bridgehead atoms. The third-order valence-corrected chi connectivity index (χ3v) is 6.41. The number of likely N-dealkylation sites (tertiary alicyclic amines) is 1. The number of hydrogen-bond donors (Lipinski definition) is 0. The van der Waals surface area contributed by atoms with Crippen LogP contribution in [0.15, 0.2) is 30.5 Å². The molecular formula is C20H26N4O2S. The van der Waals surface area contributed by atoms with Gasteiger partial charge in [0, 0.05) is 29.6 Å². The normalized spacial score (nSPS) is 23.4. The number of para-hydroxylation sites is 1. The van der Waals surface area contributed by atoms with Gasteiger partial charge in [-0.05, 0) is 12.5 Å². The molecule has 0 aliphatic carbocycles. The third-order valence-electron chi connectivity index (χ3n) is 5.40. The van der Waals surface area contributed by atoms with Gasteiger partial charge in [0.2, 0.25) is 11.8 Å². The predicted octanol–water partition coefficient (Wildman–Crippen LogP) is 2.76. The largest absolute Gasteiger partial charge is 0.339 e. The second-order valence-electron chi connectivity index (χ2n) is 8.42. The van der Waals surface area contributed by atoms with Crippen LogP contribution in [-0.4, -0.2) is 62.2 Å². The smallest absolute Gasteiger partial charge is 0.246 e. The Morgan fingerprint density at radius 1 is 1.22 bits per heavy atom. The van der Waals surface area contributed by atoms with E-state index in [4.69, 9.17) is 0 Å². The molecule has 144 valence electrons. The average Bonchev–Trinajstić information content (AvgIpc) is 3.37. The summed E-state index contributed by atoms with van der Waals surface area (Å²) in [6, 6.07) is 8.01. The van der Waals surface area contributed by atoms with E-state index in [0.29, 0.717) is 18.2 Å². The van der Waals surface area contributed by atoms with Gasteiger partial charge in [-0.1, -0.05) is 39.0 Å². The van der Waals surface area contributed by atoms with Crippen LogP contribution in [0.5, 0.6) is 0 Å². The van der Waals surface area contributed by atoms with Crippen LogP contribution in [0.4, 0.5) is 0 Å². The van der Waals surface area contributed by atoms with Crippen LogP contribution in [0.2, 0.25) is 0 Å². The molecule has 2 aromatic rings. The number of rotatable bonds is 2. The van der Waals surface area contributed by atoms with Gasteiger partial charge in [-0.2, -0.15) is 5.10 Å². The SMILES string of the molecule is CC(C)(C)C(=O)N1CSCC1C(=O)N1CCC(n2ncc3ccccc32)C1. The topological polar surface area (TPSA) is 58.4 Å². The van der Waals surface area contributed by atoms with Crippen LogP contribution in [0.25, 0.3) is 10.9 Å². The Balaban J connectivity index is 1.48. The number of benzene rings is 1. The van der Waals surface area contributed by atoms with Crippen LogP contribution < -0.4 is 0 Å². The van der Waals surface area contributed by atoms with Crippen molar-refractivity contribution < 1.29 is 9.59 Å². The fraction of sp³-hybridized carbons (Fsp3) is 0.550. The highest BCUT2D eigenvalue weighted by Gasteiger charge is 2.42. The molecule has 2 aliphatic rings. The minimum absolute atomic E-state index is 0.0552. The fourth-order valence-corrected chi connectivity index (χ4v) is 5.06. The van der Waals surface area contributed by atoms with Crippen LogP contribution in [0.3, 0.4) is 0 Å². The molecule has 1 aromatic carbocycles. The highest BCUT2D eigenvalue weighted by Crippen LogP contribution is 2.31. The Morgan fingerprint density at radius 3 is 2.78 bits per heavy atom. The molecule has 0 saturated carbocycles. The van der Waals surface area contributed by atoms with E-state index in [2.05, 4.69) is 17.2 Å². The predicted molar refractivity (Wildman–Crippen MR) is 107 cm³/mol. The highest BCUT2D eigenvalue weighted by molar-refractivity contribution is 7.99. The summed E-state index contributed by atoms with van der Waals surface area (Å²) in [4.78, 5) is 29.6. The molecule has 27 heavy (non-hydrogen) atoms. The van der Waals surface area contributed by atoms with Crippen LogP contribution >= 0.6 is 11.8 Å². The minimum atomic E-state index is -0.467. The molecule has 0 radical (unpaired) electrons. The van der Waals surface area contributed by atoms with Crippen LogP contribution in [-0.2, 0) is 9.59 Å². The Labute approximate surface area is 163 Å². The third kappa shape index (κ3) is 3.33.